The molecule has 1 fully saturated rings. The van der Waals surface area contributed by atoms with Crippen molar-refractivity contribution < 1.29 is 14.3 Å². The summed E-state index contributed by atoms with van der Waals surface area (Å²) in [5.41, 5.74) is 1.26. The first kappa shape index (κ1) is 20.4. The van der Waals surface area contributed by atoms with Gasteiger partial charge in [-0.15, -0.1) is 11.3 Å². The number of nitrogens with one attached hydrogen (secondary N) is 1. The molecule has 1 amide bonds. The molecule has 0 spiro atoms. The van der Waals surface area contributed by atoms with Crippen LogP contribution in [-0.2, 0) is 17.4 Å². The molecule has 1 aromatic carbocycles. The first-order valence-corrected chi connectivity index (χ1v) is 12.2. The van der Waals surface area contributed by atoms with Crippen LogP contribution in [0.1, 0.15) is 31.2 Å². The largest absolute Gasteiger partial charge is 0.486 e. The van der Waals surface area contributed by atoms with Crippen molar-refractivity contribution in [2.75, 3.05) is 19.0 Å². The topological polar surface area (TPSA) is 82.5 Å². The Bertz CT molecular complexity index is 1200. The highest BCUT2D eigenvalue weighted by Gasteiger charge is 2.37. The highest BCUT2D eigenvalue weighted by Crippen LogP contribution is 2.42. The smallest absolute Gasteiger partial charge is 0.271 e. The van der Waals surface area contributed by atoms with Gasteiger partial charge in [-0.25, -0.2) is 4.98 Å². The van der Waals surface area contributed by atoms with Crippen LogP contribution >= 0.6 is 23.1 Å². The Kier molecular flexibility index (Phi) is 5.39. The van der Waals surface area contributed by atoms with Crippen LogP contribution in [0.2, 0.25) is 0 Å². The number of hydrogen-bond donors (Lipinski definition) is 1. The quantitative estimate of drug-likeness (QED) is 0.467. The highest BCUT2D eigenvalue weighted by atomic mass is 32.2. The molecule has 5 rings (SSSR count). The summed E-state index contributed by atoms with van der Waals surface area (Å²) in [4.78, 5) is 30.0. The number of thiophene rings is 1. The van der Waals surface area contributed by atoms with Crippen LogP contribution in [0.4, 0.5) is 0 Å². The van der Waals surface area contributed by atoms with Gasteiger partial charge >= 0.3 is 0 Å². The molecular weight excluding hydrogens is 434 g/mol. The molecule has 1 N–H and O–H groups in total. The number of rotatable bonds is 5. The number of ether oxygens (including phenoxy) is 2. The van der Waals surface area contributed by atoms with Gasteiger partial charge in [0, 0.05) is 7.05 Å². The van der Waals surface area contributed by atoms with Gasteiger partial charge < -0.3 is 14.8 Å². The van der Waals surface area contributed by atoms with Gasteiger partial charge in [-0.3, -0.25) is 14.2 Å². The molecule has 0 atom stereocenters. The van der Waals surface area contributed by atoms with E-state index in [1.807, 2.05) is 29.6 Å². The minimum atomic E-state index is -0.399. The monoisotopic (exact) mass is 457 g/mol. The summed E-state index contributed by atoms with van der Waals surface area (Å²) in [6.45, 7) is 1.09. The molecule has 162 valence electrons. The summed E-state index contributed by atoms with van der Waals surface area (Å²) in [6.07, 6.45) is 3.90. The van der Waals surface area contributed by atoms with Crippen molar-refractivity contribution in [3.8, 4) is 11.5 Å². The van der Waals surface area contributed by atoms with Crippen molar-refractivity contribution in [2.45, 2.75) is 36.4 Å². The third-order valence-corrected chi connectivity index (χ3v) is 7.83. The SMILES string of the molecule is Cn1c(SCC(=O)NC2(c3ccc4c(c3)OCCO4)CCCC2)nc2ccsc2c1=O. The number of amides is 1. The third kappa shape index (κ3) is 3.80. The zero-order chi connectivity index (χ0) is 21.4. The Hall–Kier alpha value is -2.52. The van der Waals surface area contributed by atoms with Gasteiger partial charge in [-0.2, -0.15) is 0 Å². The van der Waals surface area contributed by atoms with Gasteiger partial charge in [0.25, 0.3) is 5.56 Å². The average molecular weight is 458 g/mol. The van der Waals surface area contributed by atoms with E-state index in [1.165, 1.54) is 27.7 Å². The summed E-state index contributed by atoms with van der Waals surface area (Å²) in [5, 5.41) is 5.69. The summed E-state index contributed by atoms with van der Waals surface area (Å²) in [5.74, 6) is 1.62. The number of benzene rings is 1. The lowest BCUT2D eigenvalue weighted by Crippen LogP contribution is -2.44. The second kappa shape index (κ2) is 8.20. The molecule has 0 bridgehead atoms. The van der Waals surface area contributed by atoms with Gasteiger partial charge in [-0.05, 0) is 42.0 Å². The zero-order valence-electron chi connectivity index (χ0n) is 17.2. The molecule has 9 heteroatoms. The van der Waals surface area contributed by atoms with E-state index in [-0.39, 0.29) is 17.2 Å². The molecule has 1 aliphatic carbocycles. The molecule has 7 nitrogen and oxygen atoms in total. The van der Waals surface area contributed by atoms with Crippen LogP contribution in [0.3, 0.4) is 0 Å². The van der Waals surface area contributed by atoms with Crippen LogP contribution in [0.5, 0.6) is 11.5 Å². The maximum absolute atomic E-state index is 12.9. The Balaban J connectivity index is 1.34. The van der Waals surface area contributed by atoms with E-state index in [0.29, 0.717) is 28.6 Å². The molecule has 31 heavy (non-hydrogen) atoms. The van der Waals surface area contributed by atoms with Crippen LogP contribution in [0.15, 0.2) is 39.6 Å². The van der Waals surface area contributed by atoms with E-state index < -0.39 is 5.54 Å². The predicted octanol–water partition coefficient (Wildman–Crippen LogP) is 3.44. The zero-order valence-corrected chi connectivity index (χ0v) is 18.8. The minimum Gasteiger partial charge on any atom is -0.486 e. The predicted molar refractivity (Wildman–Crippen MR) is 121 cm³/mol. The molecule has 1 aliphatic heterocycles. The molecule has 3 heterocycles. The lowest BCUT2D eigenvalue weighted by Gasteiger charge is -2.32. The number of carbonyl (C=O) groups is 1. The third-order valence-electron chi connectivity index (χ3n) is 5.91. The standard InChI is InChI=1S/C22H23N3O4S2/c1-25-20(27)19-15(6-11-30-19)23-21(25)31-13-18(26)24-22(7-2-3-8-22)14-4-5-16-17(12-14)29-10-9-28-16/h4-6,11-12H,2-3,7-10,13H2,1H3,(H,24,26). The van der Waals surface area contributed by atoms with E-state index in [4.69, 9.17) is 9.47 Å². The summed E-state index contributed by atoms with van der Waals surface area (Å²) in [7, 11) is 1.70. The molecule has 3 aromatic rings. The van der Waals surface area contributed by atoms with Crippen LogP contribution in [0, 0.1) is 0 Å². The number of thioether (sulfide) groups is 1. The Morgan fingerprint density at radius 3 is 2.81 bits per heavy atom. The molecule has 2 aromatic heterocycles. The van der Waals surface area contributed by atoms with Gasteiger partial charge in [0.2, 0.25) is 5.91 Å². The normalized spacial score (nSPS) is 17.1. The van der Waals surface area contributed by atoms with E-state index in [2.05, 4.69) is 10.3 Å². The van der Waals surface area contributed by atoms with E-state index in [9.17, 15) is 9.59 Å². The number of hydrogen-bond acceptors (Lipinski definition) is 7. The Morgan fingerprint density at radius 1 is 1.23 bits per heavy atom. The van der Waals surface area contributed by atoms with Crippen molar-refractivity contribution in [3.05, 3.63) is 45.6 Å². The van der Waals surface area contributed by atoms with E-state index in [0.717, 1.165) is 42.7 Å². The maximum Gasteiger partial charge on any atom is 0.271 e. The summed E-state index contributed by atoms with van der Waals surface area (Å²) < 4.78 is 13.5. The fourth-order valence-corrected chi connectivity index (χ4v) is 5.91. The Morgan fingerprint density at radius 2 is 2.00 bits per heavy atom. The van der Waals surface area contributed by atoms with Gasteiger partial charge in [-0.1, -0.05) is 30.7 Å². The number of aromatic nitrogens is 2. The first-order chi connectivity index (χ1) is 15.1. The van der Waals surface area contributed by atoms with Crippen LogP contribution in [-0.4, -0.2) is 34.4 Å². The highest BCUT2D eigenvalue weighted by molar-refractivity contribution is 7.99. The van der Waals surface area contributed by atoms with Crippen LogP contribution in [0.25, 0.3) is 10.2 Å². The van der Waals surface area contributed by atoms with Gasteiger partial charge in [0.15, 0.2) is 16.7 Å². The molecular formula is C22H23N3O4S2. The average Bonchev–Trinajstić information content (AvgIpc) is 3.45. The van der Waals surface area contributed by atoms with Crippen molar-refractivity contribution in [2.24, 2.45) is 7.05 Å². The Labute approximate surface area is 187 Å². The second-order valence-electron chi connectivity index (χ2n) is 7.88. The van der Waals surface area contributed by atoms with Gasteiger partial charge in [0.05, 0.1) is 16.8 Å². The van der Waals surface area contributed by atoms with Crippen molar-refractivity contribution in [3.63, 3.8) is 0 Å². The lowest BCUT2D eigenvalue weighted by molar-refractivity contribution is -0.120. The van der Waals surface area contributed by atoms with Crippen LogP contribution < -0.4 is 20.3 Å². The molecule has 0 unspecified atom stereocenters. The molecule has 0 radical (unpaired) electrons. The first-order valence-electron chi connectivity index (χ1n) is 10.3. The molecule has 0 saturated heterocycles. The molecule has 2 aliphatic rings. The number of nitrogens with zero attached hydrogens (tertiary/aromatic N) is 2. The number of carbonyl (C=O) groups excluding carboxylic acids is 1. The van der Waals surface area contributed by atoms with Gasteiger partial charge in [0.1, 0.15) is 17.9 Å². The maximum atomic E-state index is 12.9. The fourth-order valence-electron chi connectivity index (χ4n) is 4.34. The van der Waals surface area contributed by atoms with Crippen molar-refractivity contribution in [1.82, 2.24) is 14.9 Å². The molecule has 1 saturated carbocycles. The van der Waals surface area contributed by atoms with E-state index in [1.54, 1.807) is 7.05 Å². The second-order valence-corrected chi connectivity index (χ2v) is 9.74. The summed E-state index contributed by atoms with van der Waals surface area (Å²) in [6, 6.07) is 7.80. The van der Waals surface area contributed by atoms with Crippen molar-refractivity contribution in [1.29, 1.82) is 0 Å². The van der Waals surface area contributed by atoms with E-state index >= 15 is 0 Å². The fraction of sp³-hybridized carbons (Fsp3) is 0.409. The van der Waals surface area contributed by atoms with Crippen molar-refractivity contribution >= 4 is 39.2 Å². The lowest BCUT2D eigenvalue weighted by atomic mass is 9.87. The minimum absolute atomic E-state index is 0.0681. The number of fused-ring (bicyclic) bond motifs is 2. The summed E-state index contributed by atoms with van der Waals surface area (Å²) >= 11 is 2.67.